The number of hydrogen-bond acceptors (Lipinski definition) is 1. The topological polar surface area (TPSA) is 20.2 Å². The van der Waals surface area contributed by atoms with Gasteiger partial charge in [0.15, 0.2) is 0 Å². The maximum atomic E-state index is 11.1. The Morgan fingerprint density at radius 2 is 1.34 bits per heavy atom. The second kappa shape index (κ2) is 10.3. The van der Waals surface area contributed by atoms with Crippen LogP contribution in [0.25, 0.3) is 22.3 Å². The molecule has 0 radical (unpaired) electrons. The summed E-state index contributed by atoms with van der Waals surface area (Å²) in [5, 5.41) is 11.1. The SMILES string of the molecule is CC1=[C-]C(C)(C)C(C)=C1C.Cc1cc(-c2ccc3c(c2)C(C)(C)c2ccccc2-3)c(O)c(C(C)(C)C)c1.[Ti]. The smallest absolute Gasteiger partial charge is 0.127 e. The molecule has 0 amide bonds. The van der Waals surface area contributed by atoms with E-state index in [0.29, 0.717) is 5.75 Å². The number of fused-ring (bicyclic) bond motifs is 3. The fraction of sp³-hybridized carbons (Fsp3) is 0.389. The molecule has 3 aromatic carbocycles. The molecule has 198 valence electrons. The molecule has 38 heavy (non-hydrogen) atoms. The molecule has 0 bridgehead atoms. The number of hydrogen-bond donors (Lipinski definition) is 1. The van der Waals surface area contributed by atoms with Crippen molar-refractivity contribution in [2.75, 3.05) is 0 Å². The predicted molar refractivity (Wildman–Crippen MR) is 159 cm³/mol. The molecular weight excluding hydrogens is 496 g/mol. The van der Waals surface area contributed by atoms with Gasteiger partial charge in [0.05, 0.1) is 0 Å². The summed E-state index contributed by atoms with van der Waals surface area (Å²) in [6, 6.07) is 19.5. The van der Waals surface area contributed by atoms with Crippen LogP contribution in [0.4, 0.5) is 0 Å². The minimum absolute atomic E-state index is 0. The predicted octanol–water partition coefficient (Wildman–Crippen LogP) is 10.1. The van der Waals surface area contributed by atoms with Crippen LogP contribution in [0.5, 0.6) is 5.75 Å². The Balaban J connectivity index is 0.000000308. The molecule has 5 rings (SSSR count). The number of aromatic hydroxyl groups is 1. The van der Waals surface area contributed by atoms with E-state index in [1.54, 1.807) is 0 Å². The zero-order chi connectivity index (χ0) is 27.5. The van der Waals surface area contributed by atoms with Gasteiger partial charge in [0, 0.05) is 38.3 Å². The molecule has 2 aliphatic rings. The third-order valence-corrected chi connectivity index (χ3v) is 8.52. The van der Waals surface area contributed by atoms with Gasteiger partial charge in [-0.1, -0.05) is 110 Å². The summed E-state index contributed by atoms with van der Waals surface area (Å²) in [5.41, 5.74) is 13.8. The zero-order valence-electron chi connectivity index (χ0n) is 25.1. The molecule has 0 aliphatic heterocycles. The van der Waals surface area contributed by atoms with Crippen LogP contribution in [-0.2, 0) is 32.5 Å². The number of aryl methyl sites for hydroxylation is 1. The monoisotopic (exact) mass is 539 g/mol. The largest absolute Gasteiger partial charge is 0.507 e. The van der Waals surface area contributed by atoms with E-state index in [-0.39, 0.29) is 38.0 Å². The van der Waals surface area contributed by atoms with E-state index < -0.39 is 0 Å². The van der Waals surface area contributed by atoms with Crippen molar-refractivity contribution in [3.05, 3.63) is 99.6 Å². The summed E-state index contributed by atoms with van der Waals surface area (Å²) in [6.45, 7) is 24.0. The Kier molecular flexibility index (Phi) is 8.21. The molecule has 0 heterocycles. The Bertz CT molecular complexity index is 1440. The molecular formula is C36H43OTi-. The average Bonchev–Trinajstić information content (AvgIpc) is 3.15. The first-order chi connectivity index (χ1) is 17.1. The second-order valence-electron chi connectivity index (χ2n) is 13.0. The summed E-state index contributed by atoms with van der Waals surface area (Å²) < 4.78 is 0. The van der Waals surface area contributed by atoms with Crippen LogP contribution < -0.4 is 0 Å². The van der Waals surface area contributed by atoms with E-state index >= 15 is 0 Å². The Labute approximate surface area is 246 Å². The molecule has 0 saturated heterocycles. The van der Waals surface area contributed by atoms with E-state index in [2.05, 4.69) is 137 Å². The maximum Gasteiger partial charge on any atom is 0.127 e. The van der Waals surface area contributed by atoms with Crippen LogP contribution in [0.3, 0.4) is 0 Å². The van der Waals surface area contributed by atoms with Crippen molar-refractivity contribution in [2.24, 2.45) is 5.41 Å². The van der Waals surface area contributed by atoms with Crippen molar-refractivity contribution in [1.29, 1.82) is 0 Å². The fourth-order valence-corrected chi connectivity index (χ4v) is 5.85. The standard InChI is InChI=1S/C26H28O.C10H15.Ti/c1-16-13-20(24(27)23(14-16)25(2,3)4)17-11-12-19-18-9-7-8-10-21(18)26(5,6)22(19)15-17;1-7-6-10(4,5)9(3)8(7)2;/h7-15,27H,1-6H3;1-5H3;/q;-1;. The van der Waals surface area contributed by atoms with Crippen molar-refractivity contribution < 1.29 is 26.8 Å². The van der Waals surface area contributed by atoms with E-state index in [1.165, 1.54) is 44.5 Å². The number of benzene rings is 3. The van der Waals surface area contributed by atoms with Crippen molar-refractivity contribution in [1.82, 2.24) is 0 Å². The minimum Gasteiger partial charge on any atom is -0.507 e. The Hall–Kier alpha value is -2.35. The van der Waals surface area contributed by atoms with Crippen LogP contribution in [0.2, 0.25) is 0 Å². The molecule has 0 saturated carbocycles. The van der Waals surface area contributed by atoms with Gasteiger partial charge < -0.3 is 5.11 Å². The van der Waals surface area contributed by atoms with Crippen molar-refractivity contribution in [3.63, 3.8) is 0 Å². The van der Waals surface area contributed by atoms with E-state index in [4.69, 9.17) is 0 Å². The number of phenolic OH excluding ortho intramolecular Hbond substituents is 1. The quantitative estimate of drug-likeness (QED) is 0.241. The van der Waals surface area contributed by atoms with Crippen molar-refractivity contribution in [2.45, 2.75) is 87.0 Å². The Morgan fingerprint density at radius 1 is 0.737 bits per heavy atom. The molecule has 1 nitrogen and oxygen atoms in total. The molecule has 0 fully saturated rings. The summed E-state index contributed by atoms with van der Waals surface area (Å²) in [7, 11) is 0. The molecule has 0 spiro atoms. The summed E-state index contributed by atoms with van der Waals surface area (Å²) in [4.78, 5) is 0. The van der Waals surface area contributed by atoms with Crippen molar-refractivity contribution >= 4 is 0 Å². The van der Waals surface area contributed by atoms with Crippen molar-refractivity contribution in [3.8, 4) is 28.0 Å². The van der Waals surface area contributed by atoms with Gasteiger partial charge in [0.2, 0.25) is 0 Å². The third-order valence-electron chi connectivity index (χ3n) is 8.52. The normalized spacial score (nSPS) is 16.7. The van der Waals surface area contributed by atoms with Crippen LogP contribution in [0.15, 0.2) is 71.3 Å². The van der Waals surface area contributed by atoms with Crippen LogP contribution in [0, 0.1) is 18.4 Å². The minimum atomic E-state index is -0.100. The van der Waals surface area contributed by atoms with E-state index in [9.17, 15) is 5.11 Å². The van der Waals surface area contributed by atoms with E-state index in [1.807, 2.05) is 0 Å². The molecule has 0 aromatic heterocycles. The first-order valence-corrected chi connectivity index (χ1v) is 13.4. The molecule has 1 N–H and O–H groups in total. The molecule has 0 atom stereocenters. The Morgan fingerprint density at radius 3 is 1.87 bits per heavy atom. The van der Waals surface area contributed by atoms with Crippen LogP contribution >= 0.6 is 0 Å². The van der Waals surface area contributed by atoms with Gasteiger partial charge in [-0.3, -0.25) is 6.08 Å². The molecule has 2 heteroatoms. The number of rotatable bonds is 1. The van der Waals surface area contributed by atoms with Gasteiger partial charge >= 0.3 is 0 Å². The van der Waals surface area contributed by atoms with Gasteiger partial charge in [-0.15, -0.1) is 6.92 Å². The number of phenols is 1. The van der Waals surface area contributed by atoms with E-state index in [0.717, 1.165) is 16.7 Å². The summed E-state index contributed by atoms with van der Waals surface area (Å²) in [5.74, 6) is 0.404. The third kappa shape index (κ3) is 5.25. The maximum absolute atomic E-state index is 11.1. The van der Waals surface area contributed by atoms with Gasteiger partial charge in [-0.25, -0.2) is 5.57 Å². The van der Waals surface area contributed by atoms with Gasteiger partial charge in [0.1, 0.15) is 5.75 Å². The zero-order valence-corrected chi connectivity index (χ0v) is 26.7. The summed E-state index contributed by atoms with van der Waals surface area (Å²) >= 11 is 0. The molecule has 2 aliphatic carbocycles. The average molecular weight is 540 g/mol. The molecule has 0 unspecified atom stereocenters. The van der Waals surface area contributed by atoms with Gasteiger partial charge in [-0.05, 0) is 57.9 Å². The first kappa shape index (κ1) is 30.2. The summed E-state index contributed by atoms with van der Waals surface area (Å²) in [6.07, 6.45) is 3.44. The van der Waals surface area contributed by atoms with Gasteiger partial charge in [-0.2, -0.15) is 11.1 Å². The van der Waals surface area contributed by atoms with Gasteiger partial charge in [0.25, 0.3) is 0 Å². The van der Waals surface area contributed by atoms with Crippen LogP contribution in [0.1, 0.15) is 91.5 Å². The van der Waals surface area contributed by atoms with Crippen LogP contribution in [-0.4, -0.2) is 5.11 Å². The first-order valence-electron chi connectivity index (χ1n) is 13.4. The molecule has 3 aromatic rings. The number of allylic oxidation sites excluding steroid dienone is 4. The second-order valence-corrected chi connectivity index (χ2v) is 13.0. The fourth-order valence-electron chi connectivity index (χ4n) is 5.85.